The molecule has 2 rings (SSSR count). The Morgan fingerprint density at radius 2 is 2.22 bits per heavy atom. The van der Waals surface area contributed by atoms with E-state index in [0.717, 1.165) is 23.4 Å². The van der Waals surface area contributed by atoms with Gasteiger partial charge < -0.3 is 10.3 Å². The summed E-state index contributed by atoms with van der Waals surface area (Å²) in [6.45, 7) is 5.96. The van der Waals surface area contributed by atoms with Crippen LogP contribution in [-0.2, 0) is 13.1 Å². The van der Waals surface area contributed by atoms with Crippen LogP contribution in [0.4, 0.5) is 0 Å². The molecule has 0 aliphatic heterocycles. The lowest BCUT2D eigenvalue weighted by molar-refractivity contribution is 0.672. The van der Waals surface area contributed by atoms with Gasteiger partial charge in [0.25, 0.3) is 0 Å². The second kappa shape index (κ2) is 5.76. The van der Waals surface area contributed by atoms with Crippen LogP contribution in [0, 0.1) is 0 Å². The van der Waals surface area contributed by atoms with Crippen LogP contribution >= 0.6 is 11.8 Å². The normalized spacial score (nSPS) is 13.1. The van der Waals surface area contributed by atoms with E-state index < -0.39 is 0 Å². The van der Waals surface area contributed by atoms with E-state index in [2.05, 4.69) is 42.9 Å². The third kappa shape index (κ3) is 2.40. The first-order valence-corrected chi connectivity index (χ1v) is 7.78. The van der Waals surface area contributed by atoms with E-state index in [-0.39, 0.29) is 0 Å². The fourth-order valence-electron chi connectivity index (χ4n) is 2.35. The Balaban J connectivity index is 2.52. The molecule has 0 spiro atoms. The molecule has 0 aliphatic rings. The second-order valence-corrected chi connectivity index (χ2v) is 5.51. The molecule has 0 aliphatic carbocycles. The summed E-state index contributed by atoms with van der Waals surface area (Å²) < 4.78 is 2.32. The van der Waals surface area contributed by atoms with Gasteiger partial charge in [0.1, 0.15) is 5.82 Å². The number of hydrogen-bond acceptors (Lipinski definition) is 3. The van der Waals surface area contributed by atoms with Crippen molar-refractivity contribution >= 4 is 22.8 Å². The molecule has 4 heteroatoms. The van der Waals surface area contributed by atoms with E-state index in [1.54, 1.807) is 0 Å². The number of fused-ring (bicyclic) bond motifs is 1. The highest BCUT2D eigenvalue weighted by molar-refractivity contribution is 7.98. The van der Waals surface area contributed by atoms with Crippen molar-refractivity contribution in [3.05, 3.63) is 29.6 Å². The van der Waals surface area contributed by atoms with E-state index in [9.17, 15) is 0 Å². The van der Waals surface area contributed by atoms with Crippen molar-refractivity contribution in [2.75, 3.05) is 12.0 Å². The Morgan fingerprint density at radius 3 is 2.83 bits per heavy atom. The predicted octanol–water partition coefficient (Wildman–Crippen LogP) is 2.98. The van der Waals surface area contributed by atoms with Gasteiger partial charge in [0.15, 0.2) is 0 Å². The van der Waals surface area contributed by atoms with E-state index >= 15 is 0 Å². The molecule has 2 aromatic rings. The van der Waals surface area contributed by atoms with E-state index in [1.807, 2.05) is 11.8 Å². The van der Waals surface area contributed by atoms with Crippen LogP contribution in [0.1, 0.15) is 31.2 Å². The molecule has 18 heavy (non-hydrogen) atoms. The van der Waals surface area contributed by atoms with Gasteiger partial charge in [-0.25, -0.2) is 4.98 Å². The van der Waals surface area contributed by atoms with Crippen LogP contribution in [-0.4, -0.2) is 21.6 Å². The zero-order valence-electron chi connectivity index (χ0n) is 11.3. The highest BCUT2D eigenvalue weighted by Gasteiger charge is 2.15. The minimum Gasteiger partial charge on any atom is -0.328 e. The molecule has 1 heterocycles. The first kappa shape index (κ1) is 13.4. The number of benzene rings is 1. The summed E-state index contributed by atoms with van der Waals surface area (Å²) in [5.74, 6) is 2.78. The SMILES string of the molecule is CCn1c(C(C)CSC)nc2cc(CN)ccc21. The quantitative estimate of drug-likeness (QED) is 0.902. The number of imidazole rings is 1. The number of aryl methyl sites for hydroxylation is 1. The minimum absolute atomic E-state index is 0.480. The van der Waals surface area contributed by atoms with Crippen LogP contribution < -0.4 is 5.73 Å². The van der Waals surface area contributed by atoms with E-state index in [4.69, 9.17) is 10.7 Å². The first-order chi connectivity index (χ1) is 8.71. The molecular weight excluding hydrogens is 242 g/mol. The third-order valence-electron chi connectivity index (χ3n) is 3.25. The number of nitrogens with zero attached hydrogens (tertiary/aromatic N) is 2. The zero-order chi connectivity index (χ0) is 13.1. The van der Waals surface area contributed by atoms with Gasteiger partial charge in [-0.15, -0.1) is 0 Å². The number of hydrogen-bond donors (Lipinski definition) is 1. The van der Waals surface area contributed by atoms with Crippen LogP contribution in [0.2, 0.25) is 0 Å². The molecule has 0 bridgehead atoms. The first-order valence-electron chi connectivity index (χ1n) is 6.39. The highest BCUT2D eigenvalue weighted by Crippen LogP contribution is 2.24. The average Bonchev–Trinajstić information content (AvgIpc) is 2.76. The highest BCUT2D eigenvalue weighted by atomic mass is 32.2. The van der Waals surface area contributed by atoms with E-state index in [0.29, 0.717) is 12.5 Å². The second-order valence-electron chi connectivity index (χ2n) is 4.60. The Kier molecular flexibility index (Phi) is 4.30. The summed E-state index contributed by atoms with van der Waals surface area (Å²) in [6.07, 6.45) is 2.14. The molecule has 0 radical (unpaired) electrons. The summed E-state index contributed by atoms with van der Waals surface area (Å²) in [7, 11) is 0. The summed E-state index contributed by atoms with van der Waals surface area (Å²) in [5.41, 5.74) is 9.13. The fraction of sp³-hybridized carbons (Fsp3) is 0.500. The van der Waals surface area contributed by atoms with Gasteiger partial charge in [0.2, 0.25) is 0 Å². The molecular formula is C14H21N3S. The van der Waals surface area contributed by atoms with E-state index in [1.165, 1.54) is 11.3 Å². The molecule has 0 saturated carbocycles. The summed E-state index contributed by atoms with van der Waals surface area (Å²) >= 11 is 1.87. The summed E-state index contributed by atoms with van der Waals surface area (Å²) in [6, 6.07) is 6.35. The summed E-state index contributed by atoms with van der Waals surface area (Å²) in [4.78, 5) is 4.80. The molecule has 0 saturated heterocycles. The maximum Gasteiger partial charge on any atom is 0.113 e. The fourth-order valence-corrected chi connectivity index (χ4v) is 3.00. The lowest BCUT2D eigenvalue weighted by atomic mass is 10.2. The molecule has 0 fully saturated rings. The number of rotatable bonds is 5. The minimum atomic E-state index is 0.480. The smallest absolute Gasteiger partial charge is 0.113 e. The average molecular weight is 263 g/mol. The van der Waals surface area contributed by atoms with Gasteiger partial charge >= 0.3 is 0 Å². The Hall–Kier alpha value is -1.00. The lowest BCUT2D eigenvalue weighted by Crippen LogP contribution is -2.07. The Labute approximate surface area is 113 Å². The molecule has 1 unspecified atom stereocenters. The van der Waals surface area contributed by atoms with Crippen molar-refractivity contribution in [3.63, 3.8) is 0 Å². The van der Waals surface area contributed by atoms with Gasteiger partial charge in [0, 0.05) is 24.8 Å². The van der Waals surface area contributed by atoms with Crippen LogP contribution in [0.5, 0.6) is 0 Å². The van der Waals surface area contributed by atoms with Crippen molar-refractivity contribution in [1.29, 1.82) is 0 Å². The monoisotopic (exact) mass is 263 g/mol. The maximum absolute atomic E-state index is 5.69. The number of thioether (sulfide) groups is 1. The zero-order valence-corrected chi connectivity index (χ0v) is 12.1. The molecule has 1 aromatic carbocycles. The van der Waals surface area contributed by atoms with Gasteiger partial charge in [0.05, 0.1) is 11.0 Å². The molecule has 98 valence electrons. The molecule has 2 N–H and O–H groups in total. The maximum atomic E-state index is 5.69. The van der Waals surface area contributed by atoms with Gasteiger partial charge in [-0.1, -0.05) is 13.0 Å². The largest absolute Gasteiger partial charge is 0.328 e. The number of nitrogens with two attached hydrogens (primary N) is 1. The van der Waals surface area contributed by atoms with Crippen molar-refractivity contribution in [3.8, 4) is 0 Å². The molecule has 3 nitrogen and oxygen atoms in total. The molecule has 1 atom stereocenters. The summed E-state index contributed by atoms with van der Waals surface area (Å²) in [5, 5.41) is 0. The standard InChI is InChI=1S/C14H21N3S/c1-4-17-13-6-5-11(8-15)7-12(13)16-14(17)10(2)9-18-3/h5-7,10H,4,8-9,15H2,1-3H3. The van der Waals surface area contributed by atoms with Gasteiger partial charge in [-0.2, -0.15) is 11.8 Å². The molecule has 1 aromatic heterocycles. The third-order valence-corrected chi connectivity index (χ3v) is 4.08. The van der Waals surface area contributed by atoms with Crippen molar-refractivity contribution in [2.45, 2.75) is 32.9 Å². The van der Waals surface area contributed by atoms with Crippen LogP contribution in [0.25, 0.3) is 11.0 Å². The van der Waals surface area contributed by atoms with Crippen molar-refractivity contribution in [1.82, 2.24) is 9.55 Å². The Morgan fingerprint density at radius 1 is 1.44 bits per heavy atom. The topological polar surface area (TPSA) is 43.8 Å². The van der Waals surface area contributed by atoms with Crippen LogP contribution in [0.15, 0.2) is 18.2 Å². The number of aromatic nitrogens is 2. The lowest BCUT2D eigenvalue weighted by Gasteiger charge is -2.11. The molecule has 0 amide bonds. The van der Waals surface area contributed by atoms with Crippen molar-refractivity contribution < 1.29 is 0 Å². The predicted molar refractivity (Wildman–Crippen MR) is 80.1 cm³/mol. The van der Waals surface area contributed by atoms with Gasteiger partial charge in [-0.05, 0) is 30.9 Å². The van der Waals surface area contributed by atoms with Crippen LogP contribution in [0.3, 0.4) is 0 Å². The van der Waals surface area contributed by atoms with Crippen molar-refractivity contribution in [2.24, 2.45) is 5.73 Å². The Bertz CT molecular complexity index is 533. The van der Waals surface area contributed by atoms with Gasteiger partial charge in [-0.3, -0.25) is 0 Å².